The van der Waals surface area contributed by atoms with Gasteiger partial charge in [0.15, 0.2) is 5.13 Å². The van der Waals surface area contributed by atoms with Crippen LogP contribution in [0.1, 0.15) is 23.3 Å². The van der Waals surface area contributed by atoms with Crippen LogP contribution in [-0.4, -0.2) is 47.0 Å². The number of para-hydroxylation sites is 1. The quantitative estimate of drug-likeness (QED) is 0.689. The number of benzene rings is 1. The molecule has 0 N–H and O–H groups in total. The number of thiazole rings is 1. The zero-order valence-electron chi connectivity index (χ0n) is 14.7. The summed E-state index contributed by atoms with van der Waals surface area (Å²) in [5, 5.41) is 4.76. The summed E-state index contributed by atoms with van der Waals surface area (Å²) in [7, 11) is 3.39. The van der Waals surface area contributed by atoms with Gasteiger partial charge in [0.2, 0.25) is 0 Å². The average Bonchev–Trinajstić information content (AvgIpc) is 3.38. The van der Waals surface area contributed by atoms with Crippen molar-refractivity contribution in [2.24, 2.45) is 7.05 Å². The van der Waals surface area contributed by atoms with E-state index in [0.29, 0.717) is 23.1 Å². The van der Waals surface area contributed by atoms with E-state index in [1.807, 2.05) is 18.2 Å². The molecule has 1 fully saturated rings. The van der Waals surface area contributed by atoms with Crippen molar-refractivity contribution < 1.29 is 14.3 Å². The lowest BCUT2D eigenvalue weighted by Crippen LogP contribution is -2.38. The topological polar surface area (TPSA) is 69.5 Å². The van der Waals surface area contributed by atoms with Gasteiger partial charge in [-0.05, 0) is 31.0 Å². The van der Waals surface area contributed by atoms with Gasteiger partial charge in [-0.25, -0.2) is 4.98 Å². The Morgan fingerprint density at radius 3 is 3.04 bits per heavy atom. The fourth-order valence-corrected chi connectivity index (χ4v) is 4.14. The normalized spacial score (nSPS) is 16.9. The molecule has 1 amide bonds. The first-order valence-corrected chi connectivity index (χ1v) is 9.34. The molecule has 0 aliphatic carbocycles. The van der Waals surface area contributed by atoms with Gasteiger partial charge in [-0.15, -0.1) is 0 Å². The van der Waals surface area contributed by atoms with Crippen molar-refractivity contribution in [1.29, 1.82) is 0 Å². The molecule has 1 aliphatic rings. The third kappa shape index (κ3) is 3.06. The molecule has 0 radical (unpaired) electrons. The van der Waals surface area contributed by atoms with E-state index < -0.39 is 0 Å². The molecule has 7 nitrogen and oxygen atoms in total. The maximum Gasteiger partial charge on any atom is 0.278 e. The second kappa shape index (κ2) is 7.05. The number of fused-ring (bicyclic) bond motifs is 1. The molecule has 1 aliphatic heterocycles. The molecule has 4 rings (SSSR count). The van der Waals surface area contributed by atoms with Crippen molar-refractivity contribution in [2.45, 2.75) is 18.9 Å². The van der Waals surface area contributed by atoms with Crippen LogP contribution >= 0.6 is 11.3 Å². The minimum absolute atomic E-state index is 0.0288. The summed E-state index contributed by atoms with van der Waals surface area (Å²) < 4.78 is 13.7. The van der Waals surface area contributed by atoms with E-state index in [9.17, 15) is 4.79 Å². The number of carbonyl (C=O) groups is 1. The van der Waals surface area contributed by atoms with Crippen molar-refractivity contribution in [2.75, 3.05) is 25.2 Å². The summed E-state index contributed by atoms with van der Waals surface area (Å²) in [5.41, 5.74) is 1.29. The first-order valence-electron chi connectivity index (χ1n) is 8.52. The van der Waals surface area contributed by atoms with Gasteiger partial charge < -0.3 is 9.47 Å². The molecule has 0 saturated carbocycles. The summed E-state index contributed by atoms with van der Waals surface area (Å²) in [6.45, 7) is 1.22. The standard InChI is InChI=1S/C18H20N4O3S/c1-21-13(8-9-19-21)17(23)22(11-12-5-4-10-25-12)18-20-16-14(24-2)6-3-7-15(16)26-18/h3,6-9,12H,4-5,10-11H2,1-2H3/t12-/m1/s1. The number of ether oxygens (including phenoxy) is 2. The Bertz CT molecular complexity index is 930. The minimum Gasteiger partial charge on any atom is -0.494 e. The van der Waals surface area contributed by atoms with Crippen LogP contribution in [0.15, 0.2) is 30.5 Å². The molecule has 3 heterocycles. The molecule has 8 heteroatoms. The lowest BCUT2D eigenvalue weighted by atomic mass is 10.2. The molecule has 136 valence electrons. The molecular formula is C18H20N4O3S. The third-order valence-electron chi connectivity index (χ3n) is 4.52. The molecule has 0 unspecified atom stereocenters. The number of hydrogen-bond donors (Lipinski definition) is 0. The number of rotatable bonds is 5. The zero-order valence-corrected chi connectivity index (χ0v) is 15.5. The zero-order chi connectivity index (χ0) is 18.1. The summed E-state index contributed by atoms with van der Waals surface area (Å²) in [6.07, 6.45) is 3.62. The number of methoxy groups -OCH3 is 1. The van der Waals surface area contributed by atoms with Gasteiger partial charge in [-0.2, -0.15) is 5.10 Å². The van der Waals surface area contributed by atoms with Gasteiger partial charge in [0.1, 0.15) is 17.0 Å². The van der Waals surface area contributed by atoms with Gasteiger partial charge in [-0.3, -0.25) is 14.4 Å². The van der Waals surface area contributed by atoms with Crippen LogP contribution in [0.2, 0.25) is 0 Å². The van der Waals surface area contributed by atoms with E-state index in [2.05, 4.69) is 5.10 Å². The number of anilines is 1. The highest BCUT2D eigenvalue weighted by Crippen LogP contribution is 2.35. The second-order valence-electron chi connectivity index (χ2n) is 6.19. The Kier molecular flexibility index (Phi) is 4.60. The van der Waals surface area contributed by atoms with Gasteiger partial charge in [0.25, 0.3) is 5.91 Å². The van der Waals surface area contributed by atoms with E-state index in [-0.39, 0.29) is 12.0 Å². The van der Waals surface area contributed by atoms with Crippen molar-refractivity contribution in [3.63, 3.8) is 0 Å². The Hall–Kier alpha value is -2.45. The maximum absolute atomic E-state index is 13.2. The Labute approximate surface area is 155 Å². The molecule has 3 aromatic rings. The Morgan fingerprint density at radius 1 is 1.46 bits per heavy atom. The summed E-state index contributed by atoms with van der Waals surface area (Å²) in [6, 6.07) is 7.51. The Balaban J connectivity index is 1.74. The summed E-state index contributed by atoms with van der Waals surface area (Å²) in [4.78, 5) is 19.6. The SMILES string of the molecule is COc1cccc2sc(N(C[C@H]3CCCO3)C(=O)c3ccnn3C)nc12. The lowest BCUT2D eigenvalue weighted by molar-refractivity contribution is 0.0909. The third-order valence-corrected chi connectivity index (χ3v) is 5.56. The van der Waals surface area contributed by atoms with Crippen LogP contribution in [0.4, 0.5) is 5.13 Å². The van der Waals surface area contributed by atoms with Crippen molar-refractivity contribution in [3.8, 4) is 5.75 Å². The predicted molar refractivity (Wildman–Crippen MR) is 100 cm³/mol. The van der Waals surface area contributed by atoms with E-state index in [1.54, 1.807) is 36.0 Å². The predicted octanol–water partition coefficient (Wildman–Crippen LogP) is 2.86. The van der Waals surface area contributed by atoms with Crippen LogP contribution in [0.25, 0.3) is 10.2 Å². The number of amides is 1. The van der Waals surface area contributed by atoms with E-state index in [0.717, 1.165) is 29.7 Å². The van der Waals surface area contributed by atoms with E-state index >= 15 is 0 Å². The van der Waals surface area contributed by atoms with Crippen LogP contribution in [-0.2, 0) is 11.8 Å². The number of carbonyl (C=O) groups excluding carboxylic acids is 1. The highest BCUT2D eigenvalue weighted by Gasteiger charge is 2.28. The lowest BCUT2D eigenvalue weighted by Gasteiger charge is -2.22. The average molecular weight is 372 g/mol. The molecule has 1 atom stereocenters. The van der Waals surface area contributed by atoms with Crippen LogP contribution < -0.4 is 9.64 Å². The van der Waals surface area contributed by atoms with Gasteiger partial charge in [0, 0.05) is 19.9 Å². The molecule has 0 spiro atoms. The summed E-state index contributed by atoms with van der Waals surface area (Å²) in [5.74, 6) is 0.577. The molecule has 26 heavy (non-hydrogen) atoms. The van der Waals surface area contributed by atoms with Gasteiger partial charge in [-0.1, -0.05) is 17.4 Å². The fraction of sp³-hybridized carbons (Fsp3) is 0.389. The highest BCUT2D eigenvalue weighted by molar-refractivity contribution is 7.22. The van der Waals surface area contributed by atoms with Gasteiger partial charge >= 0.3 is 0 Å². The number of nitrogens with zero attached hydrogens (tertiary/aromatic N) is 4. The van der Waals surface area contributed by atoms with Crippen molar-refractivity contribution in [3.05, 3.63) is 36.2 Å². The van der Waals surface area contributed by atoms with Crippen molar-refractivity contribution in [1.82, 2.24) is 14.8 Å². The van der Waals surface area contributed by atoms with E-state index in [1.165, 1.54) is 11.3 Å². The molecule has 0 bridgehead atoms. The molecule has 1 aromatic carbocycles. The van der Waals surface area contributed by atoms with Gasteiger partial charge in [0.05, 0.1) is 24.5 Å². The van der Waals surface area contributed by atoms with E-state index in [4.69, 9.17) is 14.5 Å². The summed E-state index contributed by atoms with van der Waals surface area (Å²) >= 11 is 1.48. The minimum atomic E-state index is -0.126. The largest absolute Gasteiger partial charge is 0.494 e. The fourth-order valence-electron chi connectivity index (χ4n) is 3.15. The number of aromatic nitrogens is 3. The molecular weight excluding hydrogens is 352 g/mol. The first-order chi connectivity index (χ1) is 12.7. The highest BCUT2D eigenvalue weighted by atomic mass is 32.1. The maximum atomic E-state index is 13.2. The number of aryl methyl sites for hydroxylation is 1. The smallest absolute Gasteiger partial charge is 0.278 e. The number of hydrogen-bond acceptors (Lipinski definition) is 6. The Morgan fingerprint density at radius 2 is 2.35 bits per heavy atom. The van der Waals surface area contributed by atoms with Crippen LogP contribution in [0.3, 0.4) is 0 Å². The second-order valence-corrected chi connectivity index (χ2v) is 7.20. The first kappa shape index (κ1) is 17.0. The molecule has 2 aromatic heterocycles. The van der Waals surface area contributed by atoms with Crippen LogP contribution in [0.5, 0.6) is 5.75 Å². The van der Waals surface area contributed by atoms with Crippen molar-refractivity contribution >= 4 is 32.6 Å². The monoisotopic (exact) mass is 372 g/mol. The van der Waals surface area contributed by atoms with Crippen LogP contribution in [0, 0.1) is 0 Å². The molecule has 1 saturated heterocycles.